The number of carbonyl (C=O) groups is 2. The van der Waals surface area contributed by atoms with Gasteiger partial charge in [0.05, 0.1) is 6.61 Å². The van der Waals surface area contributed by atoms with Gasteiger partial charge in [-0.2, -0.15) is 0 Å². The van der Waals surface area contributed by atoms with Crippen molar-refractivity contribution >= 4 is 11.8 Å². The van der Waals surface area contributed by atoms with Crippen LogP contribution in [0.2, 0.25) is 0 Å². The Morgan fingerprint density at radius 1 is 1.00 bits per heavy atom. The lowest BCUT2D eigenvalue weighted by Crippen LogP contribution is -2.43. The number of nitrogens with one attached hydrogen (secondary N) is 2. The van der Waals surface area contributed by atoms with Crippen molar-refractivity contribution in [3.8, 4) is 11.5 Å². The number of hydrogen-bond donors (Lipinski definition) is 2. The van der Waals surface area contributed by atoms with Gasteiger partial charge in [0.25, 0.3) is 11.8 Å². The second-order valence-corrected chi connectivity index (χ2v) is 6.79. The van der Waals surface area contributed by atoms with Crippen molar-refractivity contribution in [3.05, 3.63) is 59.2 Å². The number of rotatable bonds is 7. The van der Waals surface area contributed by atoms with Gasteiger partial charge in [-0.3, -0.25) is 20.4 Å². The molecule has 0 aliphatic rings. The lowest BCUT2D eigenvalue weighted by Gasteiger charge is -2.12. The molecule has 2 rings (SSSR count). The monoisotopic (exact) mass is 370 g/mol. The molecule has 27 heavy (non-hydrogen) atoms. The smallest absolute Gasteiger partial charge is 0.276 e. The highest BCUT2D eigenvalue weighted by Crippen LogP contribution is 2.18. The summed E-state index contributed by atoms with van der Waals surface area (Å²) < 4.78 is 11.1. The van der Waals surface area contributed by atoms with E-state index < -0.39 is 11.8 Å². The summed E-state index contributed by atoms with van der Waals surface area (Å²) in [5, 5.41) is 0. The van der Waals surface area contributed by atoms with Gasteiger partial charge in [-0.15, -0.1) is 0 Å². The summed E-state index contributed by atoms with van der Waals surface area (Å²) in [5.74, 6) is 0.761. The second-order valence-electron chi connectivity index (χ2n) is 6.79. The average molecular weight is 370 g/mol. The molecule has 0 saturated carbocycles. The van der Waals surface area contributed by atoms with Gasteiger partial charge < -0.3 is 9.47 Å². The van der Waals surface area contributed by atoms with E-state index in [-0.39, 0.29) is 6.61 Å². The first-order valence-corrected chi connectivity index (χ1v) is 8.87. The van der Waals surface area contributed by atoms with E-state index >= 15 is 0 Å². The lowest BCUT2D eigenvalue weighted by atomic mass is 10.1. The molecule has 0 bridgehead atoms. The van der Waals surface area contributed by atoms with Gasteiger partial charge in [0.2, 0.25) is 0 Å². The van der Waals surface area contributed by atoms with E-state index in [1.54, 1.807) is 24.3 Å². The molecule has 6 nitrogen and oxygen atoms in total. The van der Waals surface area contributed by atoms with Crippen molar-refractivity contribution in [1.29, 1.82) is 0 Å². The summed E-state index contributed by atoms with van der Waals surface area (Å²) in [6.45, 7) is 8.37. The number of benzene rings is 2. The molecule has 0 fully saturated rings. The highest BCUT2D eigenvalue weighted by Gasteiger charge is 2.10. The maximum atomic E-state index is 12.2. The van der Waals surface area contributed by atoms with Crippen LogP contribution < -0.4 is 20.3 Å². The second kappa shape index (κ2) is 9.62. The summed E-state index contributed by atoms with van der Waals surface area (Å²) in [5.41, 5.74) is 7.19. The van der Waals surface area contributed by atoms with Gasteiger partial charge in [0.1, 0.15) is 11.5 Å². The van der Waals surface area contributed by atoms with Crippen molar-refractivity contribution in [1.82, 2.24) is 10.9 Å². The van der Waals surface area contributed by atoms with Crippen LogP contribution in [-0.4, -0.2) is 25.0 Å². The van der Waals surface area contributed by atoms with Crippen LogP contribution in [0.3, 0.4) is 0 Å². The molecule has 0 aliphatic heterocycles. The van der Waals surface area contributed by atoms with E-state index in [0.29, 0.717) is 29.6 Å². The van der Waals surface area contributed by atoms with Crippen molar-refractivity contribution < 1.29 is 19.1 Å². The minimum absolute atomic E-state index is 0.193. The van der Waals surface area contributed by atoms with Gasteiger partial charge >= 0.3 is 0 Å². The van der Waals surface area contributed by atoms with Gasteiger partial charge in [-0.05, 0) is 49.6 Å². The Balaban J connectivity index is 1.82. The number of hydrogen-bond acceptors (Lipinski definition) is 4. The Kier molecular flexibility index (Phi) is 7.23. The molecule has 0 saturated heterocycles. The molecule has 0 aliphatic carbocycles. The van der Waals surface area contributed by atoms with Crippen LogP contribution in [0.5, 0.6) is 11.5 Å². The molecule has 0 spiro atoms. The normalized spacial score (nSPS) is 10.4. The fourth-order valence-corrected chi connectivity index (χ4v) is 2.33. The number of aryl methyl sites for hydroxylation is 2. The summed E-state index contributed by atoms with van der Waals surface area (Å²) in [4.78, 5) is 24.1. The summed E-state index contributed by atoms with van der Waals surface area (Å²) >= 11 is 0. The van der Waals surface area contributed by atoms with E-state index in [0.717, 1.165) is 11.1 Å². The molecule has 0 radical (unpaired) electrons. The fraction of sp³-hybridized carbons (Fsp3) is 0.333. The van der Waals surface area contributed by atoms with Crippen LogP contribution in [0.25, 0.3) is 0 Å². The Bertz CT molecular complexity index is 803. The standard InChI is InChI=1S/C21H26N2O4/c1-14(2)12-26-18-7-5-6-17(11-18)21(25)23-22-20(24)13-27-19-9-8-15(3)10-16(19)4/h5-11,14H,12-13H2,1-4H3,(H,22,24)(H,23,25). The lowest BCUT2D eigenvalue weighted by molar-refractivity contribution is -0.123. The molecular formula is C21H26N2O4. The summed E-state index contributed by atoms with van der Waals surface area (Å²) in [6.07, 6.45) is 0. The average Bonchev–Trinajstić information content (AvgIpc) is 2.64. The van der Waals surface area contributed by atoms with E-state index in [9.17, 15) is 9.59 Å². The molecule has 2 amide bonds. The van der Waals surface area contributed by atoms with Crippen molar-refractivity contribution in [3.63, 3.8) is 0 Å². The minimum atomic E-state index is -0.449. The van der Waals surface area contributed by atoms with Crippen molar-refractivity contribution in [2.24, 2.45) is 5.92 Å². The Labute approximate surface area is 159 Å². The molecule has 144 valence electrons. The van der Waals surface area contributed by atoms with Gasteiger partial charge in [-0.1, -0.05) is 37.6 Å². The van der Waals surface area contributed by atoms with E-state index in [1.165, 1.54) is 0 Å². The SMILES string of the molecule is Cc1ccc(OCC(=O)NNC(=O)c2cccc(OCC(C)C)c2)c(C)c1. The summed E-state index contributed by atoms with van der Waals surface area (Å²) in [7, 11) is 0. The minimum Gasteiger partial charge on any atom is -0.493 e. The van der Waals surface area contributed by atoms with E-state index in [4.69, 9.17) is 9.47 Å². The Hall–Kier alpha value is -3.02. The molecule has 2 N–H and O–H groups in total. The highest BCUT2D eigenvalue weighted by molar-refractivity contribution is 5.95. The Morgan fingerprint density at radius 3 is 2.48 bits per heavy atom. The molecule has 0 heterocycles. The first-order chi connectivity index (χ1) is 12.8. The summed E-state index contributed by atoms with van der Waals surface area (Å²) in [6, 6.07) is 12.5. The molecule has 0 unspecified atom stereocenters. The third kappa shape index (κ3) is 6.66. The van der Waals surface area contributed by atoms with Crippen LogP contribution >= 0.6 is 0 Å². The zero-order chi connectivity index (χ0) is 19.8. The molecule has 0 atom stereocenters. The van der Waals surface area contributed by atoms with Crippen LogP contribution in [-0.2, 0) is 4.79 Å². The zero-order valence-electron chi connectivity index (χ0n) is 16.2. The fourth-order valence-electron chi connectivity index (χ4n) is 2.33. The quantitative estimate of drug-likeness (QED) is 0.734. The third-order valence-corrected chi connectivity index (χ3v) is 3.68. The van der Waals surface area contributed by atoms with Crippen LogP contribution in [0.4, 0.5) is 0 Å². The largest absolute Gasteiger partial charge is 0.493 e. The topological polar surface area (TPSA) is 76.7 Å². The van der Waals surface area contributed by atoms with E-state index in [2.05, 4.69) is 10.9 Å². The van der Waals surface area contributed by atoms with Crippen molar-refractivity contribution in [2.45, 2.75) is 27.7 Å². The number of hydrazine groups is 1. The predicted octanol–water partition coefficient (Wildman–Crippen LogP) is 3.18. The number of ether oxygens (including phenoxy) is 2. The third-order valence-electron chi connectivity index (χ3n) is 3.68. The highest BCUT2D eigenvalue weighted by atomic mass is 16.5. The zero-order valence-corrected chi connectivity index (χ0v) is 16.2. The predicted molar refractivity (Wildman–Crippen MR) is 104 cm³/mol. The molecular weight excluding hydrogens is 344 g/mol. The van der Waals surface area contributed by atoms with E-state index in [1.807, 2.05) is 45.9 Å². The van der Waals surface area contributed by atoms with Gasteiger partial charge in [-0.25, -0.2) is 0 Å². The Morgan fingerprint density at radius 2 is 1.78 bits per heavy atom. The molecule has 2 aromatic rings. The van der Waals surface area contributed by atoms with Gasteiger partial charge in [0.15, 0.2) is 6.61 Å². The maximum absolute atomic E-state index is 12.2. The van der Waals surface area contributed by atoms with Crippen LogP contribution in [0.15, 0.2) is 42.5 Å². The first-order valence-electron chi connectivity index (χ1n) is 8.87. The van der Waals surface area contributed by atoms with Crippen LogP contribution in [0.1, 0.15) is 35.3 Å². The molecule has 0 aromatic heterocycles. The van der Waals surface area contributed by atoms with Crippen LogP contribution in [0, 0.1) is 19.8 Å². The number of carbonyl (C=O) groups excluding carboxylic acids is 2. The first kappa shape index (κ1) is 20.3. The van der Waals surface area contributed by atoms with Gasteiger partial charge in [0, 0.05) is 5.56 Å². The van der Waals surface area contributed by atoms with Crippen molar-refractivity contribution in [2.75, 3.05) is 13.2 Å². The maximum Gasteiger partial charge on any atom is 0.276 e. The number of amides is 2. The molecule has 2 aromatic carbocycles. The molecule has 6 heteroatoms.